The van der Waals surface area contributed by atoms with E-state index < -0.39 is 0 Å². The largest absolute Gasteiger partial charge is 0.364 e. The van der Waals surface area contributed by atoms with Gasteiger partial charge in [0.2, 0.25) is 0 Å². The second-order valence-corrected chi connectivity index (χ2v) is 6.90. The highest BCUT2D eigenvalue weighted by Crippen LogP contribution is 2.36. The third-order valence-corrected chi connectivity index (χ3v) is 4.79. The van der Waals surface area contributed by atoms with E-state index in [9.17, 15) is 4.79 Å². The molecule has 104 valence electrons. The van der Waals surface area contributed by atoms with E-state index in [0.717, 1.165) is 22.3 Å². The number of thiophene rings is 1. The summed E-state index contributed by atoms with van der Waals surface area (Å²) in [5.41, 5.74) is 3.19. The molecule has 1 saturated carbocycles. The minimum absolute atomic E-state index is 0.122. The lowest BCUT2D eigenvalue weighted by Crippen LogP contribution is -2.26. The lowest BCUT2D eigenvalue weighted by molar-refractivity contribution is 0.101. The Morgan fingerprint density at radius 3 is 2.80 bits per heavy atom. The van der Waals surface area contributed by atoms with Gasteiger partial charge in [-0.3, -0.25) is 4.79 Å². The van der Waals surface area contributed by atoms with E-state index in [1.807, 2.05) is 12.1 Å². The van der Waals surface area contributed by atoms with Gasteiger partial charge < -0.3 is 4.90 Å². The van der Waals surface area contributed by atoms with Gasteiger partial charge in [-0.2, -0.15) is 11.3 Å². The zero-order valence-corrected chi connectivity index (χ0v) is 13.7. The van der Waals surface area contributed by atoms with Crippen LogP contribution in [-0.4, -0.2) is 11.8 Å². The molecule has 0 atom stereocenters. The van der Waals surface area contributed by atoms with Crippen LogP contribution in [-0.2, 0) is 6.54 Å². The number of carbonyl (C=O) groups is 1. The second-order valence-electron chi connectivity index (χ2n) is 5.21. The quantitative estimate of drug-likeness (QED) is 0.716. The van der Waals surface area contributed by atoms with Gasteiger partial charge in [0, 0.05) is 28.3 Å². The predicted molar refractivity (Wildman–Crippen MR) is 87.7 cm³/mol. The van der Waals surface area contributed by atoms with Crippen LogP contribution in [0.4, 0.5) is 5.69 Å². The van der Waals surface area contributed by atoms with Crippen molar-refractivity contribution in [2.75, 3.05) is 4.90 Å². The molecule has 1 aliphatic rings. The summed E-state index contributed by atoms with van der Waals surface area (Å²) in [5, 5.41) is 4.29. The summed E-state index contributed by atoms with van der Waals surface area (Å²) < 4.78 is 0.956. The molecule has 0 N–H and O–H groups in total. The smallest absolute Gasteiger partial charge is 0.161 e. The number of halogens is 1. The number of carbonyl (C=O) groups excluding carboxylic acids is 1. The number of hydrogen-bond acceptors (Lipinski definition) is 3. The van der Waals surface area contributed by atoms with Crippen molar-refractivity contribution in [2.45, 2.75) is 32.4 Å². The molecule has 0 aliphatic heterocycles. The van der Waals surface area contributed by atoms with Crippen molar-refractivity contribution in [3.8, 4) is 0 Å². The highest BCUT2D eigenvalue weighted by Gasteiger charge is 2.31. The normalized spacial score (nSPS) is 14.3. The Bertz CT molecular complexity index is 619. The van der Waals surface area contributed by atoms with Gasteiger partial charge in [0.15, 0.2) is 5.78 Å². The Morgan fingerprint density at radius 1 is 1.40 bits per heavy atom. The minimum atomic E-state index is 0.122. The van der Waals surface area contributed by atoms with Crippen LogP contribution < -0.4 is 4.90 Å². The molecule has 0 saturated heterocycles. The maximum Gasteiger partial charge on any atom is 0.161 e. The third kappa shape index (κ3) is 2.96. The first kappa shape index (κ1) is 13.8. The molecule has 2 nitrogen and oxygen atoms in total. The molecule has 1 fully saturated rings. The molecule has 0 bridgehead atoms. The summed E-state index contributed by atoms with van der Waals surface area (Å²) in [6.45, 7) is 2.52. The van der Waals surface area contributed by atoms with E-state index in [-0.39, 0.29) is 5.78 Å². The lowest BCUT2D eigenvalue weighted by Gasteiger charge is -2.26. The molecular weight excluding hydrogens is 334 g/mol. The summed E-state index contributed by atoms with van der Waals surface area (Å²) >= 11 is 5.18. The number of anilines is 1. The van der Waals surface area contributed by atoms with Crippen molar-refractivity contribution in [3.05, 3.63) is 50.6 Å². The fourth-order valence-electron chi connectivity index (χ4n) is 2.42. The van der Waals surface area contributed by atoms with Crippen LogP contribution >= 0.6 is 27.3 Å². The van der Waals surface area contributed by atoms with E-state index in [4.69, 9.17) is 0 Å². The van der Waals surface area contributed by atoms with Gasteiger partial charge in [0.05, 0.1) is 0 Å². The molecule has 0 spiro atoms. The molecule has 1 heterocycles. The van der Waals surface area contributed by atoms with Gasteiger partial charge >= 0.3 is 0 Å². The molecule has 1 aromatic heterocycles. The summed E-state index contributed by atoms with van der Waals surface area (Å²) in [7, 11) is 0. The van der Waals surface area contributed by atoms with Crippen molar-refractivity contribution in [1.82, 2.24) is 0 Å². The van der Waals surface area contributed by atoms with Gasteiger partial charge in [-0.15, -0.1) is 0 Å². The van der Waals surface area contributed by atoms with E-state index in [0.29, 0.717) is 6.04 Å². The predicted octanol–water partition coefficient (Wildman–Crippen LogP) is 4.88. The SMILES string of the molecule is CC(=O)c1cc(Br)ccc1N(Cc1ccsc1)C1CC1. The van der Waals surface area contributed by atoms with E-state index in [1.165, 1.54) is 18.4 Å². The van der Waals surface area contributed by atoms with Crippen LogP contribution in [0.15, 0.2) is 39.5 Å². The van der Waals surface area contributed by atoms with Crippen LogP contribution in [0.2, 0.25) is 0 Å². The minimum Gasteiger partial charge on any atom is -0.364 e. The van der Waals surface area contributed by atoms with E-state index >= 15 is 0 Å². The monoisotopic (exact) mass is 349 g/mol. The van der Waals surface area contributed by atoms with Crippen molar-refractivity contribution >= 4 is 38.7 Å². The summed E-state index contributed by atoms with van der Waals surface area (Å²) in [6.07, 6.45) is 2.44. The van der Waals surface area contributed by atoms with Crippen LogP contribution in [0.25, 0.3) is 0 Å². The number of ketones is 1. The highest BCUT2D eigenvalue weighted by atomic mass is 79.9. The maximum atomic E-state index is 11.9. The fraction of sp³-hybridized carbons (Fsp3) is 0.312. The lowest BCUT2D eigenvalue weighted by atomic mass is 10.1. The number of benzene rings is 1. The van der Waals surface area contributed by atoms with Crippen molar-refractivity contribution in [1.29, 1.82) is 0 Å². The zero-order chi connectivity index (χ0) is 14.1. The van der Waals surface area contributed by atoms with Crippen LogP contribution in [0.3, 0.4) is 0 Å². The Kier molecular flexibility index (Phi) is 3.94. The first-order valence-electron chi connectivity index (χ1n) is 6.73. The molecule has 0 amide bonds. The topological polar surface area (TPSA) is 20.3 Å². The third-order valence-electron chi connectivity index (χ3n) is 3.57. The molecule has 2 aromatic rings. The van der Waals surface area contributed by atoms with E-state index in [1.54, 1.807) is 18.3 Å². The Balaban J connectivity index is 1.97. The zero-order valence-electron chi connectivity index (χ0n) is 11.3. The van der Waals surface area contributed by atoms with Crippen molar-refractivity contribution < 1.29 is 4.79 Å². The molecule has 0 unspecified atom stereocenters. The van der Waals surface area contributed by atoms with Crippen molar-refractivity contribution in [2.24, 2.45) is 0 Å². The van der Waals surface area contributed by atoms with Crippen molar-refractivity contribution in [3.63, 3.8) is 0 Å². The first-order valence-corrected chi connectivity index (χ1v) is 8.47. The maximum absolute atomic E-state index is 11.9. The summed E-state index contributed by atoms with van der Waals surface area (Å²) in [4.78, 5) is 14.3. The molecule has 1 aromatic carbocycles. The Morgan fingerprint density at radius 2 is 2.20 bits per heavy atom. The van der Waals surface area contributed by atoms with Gasteiger partial charge in [-0.25, -0.2) is 0 Å². The Labute approximate surface area is 131 Å². The van der Waals surface area contributed by atoms with Crippen LogP contribution in [0.5, 0.6) is 0 Å². The van der Waals surface area contributed by atoms with E-state index in [2.05, 4.69) is 43.7 Å². The second kappa shape index (κ2) is 5.70. The molecular formula is C16H16BrNOS. The standard InChI is InChI=1S/C16H16BrNOS/c1-11(19)15-8-13(17)2-5-16(15)18(14-3-4-14)9-12-6-7-20-10-12/h2,5-8,10,14H,3-4,9H2,1H3. The molecule has 0 radical (unpaired) electrons. The number of hydrogen-bond donors (Lipinski definition) is 0. The number of Topliss-reactive ketones (excluding diaryl/α,β-unsaturated/α-hetero) is 1. The molecule has 20 heavy (non-hydrogen) atoms. The van der Waals surface area contributed by atoms with Crippen LogP contribution in [0, 0.1) is 0 Å². The Hall–Kier alpha value is -1.13. The average Bonchev–Trinajstić information content (AvgIpc) is 3.13. The van der Waals surface area contributed by atoms with Gasteiger partial charge in [0.25, 0.3) is 0 Å². The molecule has 4 heteroatoms. The van der Waals surface area contributed by atoms with Gasteiger partial charge in [-0.05, 0) is 60.4 Å². The first-order chi connectivity index (χ1) is 9.65. The molecule has 1 aliphatic carbocycles. The van der Waals surface area contributed by atoms with Gasteiger partial charge in [-0.1, -0.05) is 15.9 Å². The summed E-state index contributed by atoms with van der Waals surface area (Å²) in [5.74, 6) is 0.122. The molecule has 3 rings (SSSR count). The highest BCUT2D eigenvalue weighted by molar-refractivity contribution is 9.10. The fourth-order valence-corrected chi connectivity index (χ4v) is 3.44. The summed E-state index contributed by atoms with van der Waals surface area (Å²) in [6, 6.07) is 8.75. The van der Waals surface area contributed by atoms with Gasteiger partial charge in [0.1, 0.15) is 0 Å². The average molecular weight is 350 g/mol. The van der Waals surface area contributed by atoms with Crippen LogP contribution in [0.1, 0.15) is 35.7 Å². The number of rotatable bonds is 5. The number of nitrogens with zero attached hydrogens (tertiary/aromatic N) is 1.